The number of para-hydroxylation sites is 1. The second-order valence-corrected chi connectivity index (χ2v) is 12.1. The molecule has 6 rings (SSSR count). The Balaban J connectivity index is 1.63. The summed E-state index contributed by atoms with van der Waals surface area (Å²) >= 11 is 0. The standard InChI is InChI=1S/C35H31NO4S/c1-23-15-21-30(22-16-23)41(37,38)36(28-13-9-6-10-14-28)34-24(2)31(26-11-7-5-8-12-26)32-25(3)40-35(33(32)34)27-17-19-29(39-4)20-18-27/h5-22,31,34H,2H2,1,3-4H3/t31-,34?/m1/s1. The summed E-state index contributed by atoms with van der Waals surface area (Å²) in [5.41, 5.74) is 5.95. The zero-order valence-electron chi connectivity index (χ0n) is 23.2. The molecule has 206 valence electrons. The largest absolute Gasteiger partial charge is 0.497 e. The van der Waals surface area contributed by atoms with E-state index in [2.05, 4.69) is 18.7 Å². The van der Waals surface area contributed by atoms with Gasteiger partial charge >= 0.3 is 0 Å². The highest BCUT2D eigenvalue weighted by Crippen LogP contribution is 2.57. The molecule has 6 heteroatoms. The van der Waals surface area contributed by atoms with Crippen molar-refractivity contribution in [3.63, 3.8) is 0 Å². The van der Waals surface area contributed by atoms with E-state index in [1.807, 2.05) is 98.8 Å². The van der Waals surface area contributed by atoms with Crippen LogP contribution in [0.15, 0.2) is 131 Å². The minimum absolute atomic E-state index is 0.218. The van der Waals surface area contributed by atoms with Gasteiger partial charge in [0.1, 0.15) is 17.3 Å². The van der Waals surface area contributed by atoms with Crippen molar-refractivity contribution in [2.24, 2.45) is 0 Å². The Hall–Kier alpha value is -4.55. The molecule has 1 aliphatic carbocycles. The zero-order valence-corrected chi connectivity index (χ0v) is 24.1. The first-order valence-electron chi connectivity index (χ1n) is 13.5. The summed E-state index contributed by atoms with van der Waals surface area (Å²) < 4.78 is 42.6. The number of benzene rings is 4. The molecule has 0 amide bonds. The first kappa shape index (κ1) is 26.7. The average molecular weight is 562 g/mol. The molecule has 0 fully saturated rings. The fourth-order valence-electron chi connectivity index (χ4n) is 5.81. The van der Waals surface area contributed by atoms with Gasteiger partial charge in [0.15, 0.2) is 0 Å². The van der Waals surface area contributed by atoms with Gasteiger partial charge in [-0.2, -0.15) is 0 Å². The fourth-order valence-corrected chi connectivity index (χ4v) is 7.43. The molecule has 2 atom stereocenters. The third-order valence-corrected chi connectivity index (χ3v) is 9.57. The summed E-state index contributed by atoms with van der Waals surface area (Å²) in [5.74, 6) is 1.85. The molecule has 0 saturated carbocycles. The van der Waals surface area contributed by atoms with Crippen molar-refractivity contribution in [1.29, 1.82) is 0 Å². The van der Waals surface area contributed by atoms with Gasteiger partial charge in [-0.15, -0.1) is 0 Å². The Kier molecular flexibility index (Phi) is 6.80. The van der Waals surface area contributed by atoms with Gasteiger partial charge in [0.2, 0.25) is 0 Å². The smallest absolute Gasteiger partial charge is 0.265 e. The van der Waals surface area contributed by atoms with E-state index in [1.54, 1.807) is 19.2 Å². The van der Waals surface area contributed by atoms with Crippen molar-refractivity contribution in [1.82, 2.24) is 0 Å². The highest BCUT2D eigenvalue weighted by Gasteiger charge is 2.48. The number of fused-ring (bicyclic) bond motifs is 1. The van der Waals surface area contributed by atoms with Gasteiger partial charge in [0.05, 0.1) is 23.7 Å². The van der Waals surface area contributed by atoms with Crippen LogP contribution in [0.5, 0.6) is 5.75 Å². The normalized spacial score (nSPS) is 16.4. The molecule has 0 spiro atoms. The molecule has 0 radical (unpaired) electrons. The first-order chi connectivity index (χ1) is 19.8. The highest BCUT2D eigenvalue weighted by atomic mass is 32.2. The van der Waals surface area contributed by atoms with E-state index in [-0.39, 0.29) is 10.8 Å². The lowest BCUT2D eigenvalue weighted by Gasteiger charge is -2.32. The maximum atomic E-state index is 14.6. The topological polar surface area (TPSA) is 59.8 Å². The van der Waals surface area contributed by atoms with Gasteiger partial charge in [-0.3, -0.25) is 4.31 Å². The van der Waals surface area contributed by atoms with E-state index >= 15 is 0 Å². The van der Waals surface area contributed by atoms with Crippen LogP contribution in [0.1, 0.15) is 40.0 Å². The molecule has 4 aromatic carbocycles. The van der Waals surface area contributed by atoms with E-state index in [1.165, 1.54) is 4.31 Å². The van der Waals surface area contributed by atoms with Gasteiger partial charge in [-0.25, -0.2) is 8.42 Å². The van der Waals surface area contributed by atoms with Crippen LogP contribution in [0.4, 0.5) is 5.69 Å². The van der Waals surface area contributed by atoms with Crippen LogP contribution >= 0.6 is 0 Å². The minimum atomic E-state index is -4.03. The van der Waals surface area contributed by atoms with Crippen molar-refractivity contribution in [2.75, 3.05) is 11.4 Å². The number of aryl methyl sites for hydroxylation is 2. The Morgan fingerprint density at radius 1 is 0.780 bits per heavy atom. The number of anilines is 1. The fraction of sp³-hybridized carbons (Fsp3) is 0.143. The molecule has 1 heterocycles. The Morgan fingerprint density at radius 3 is 2.00 bits per heavy atom. The summed E-state index contributed by atoms with van der Waals surface area (Å²) in [6, 6.07) is 33.2. The van der Waals surface area contributed by atoms with E-state index in [0.29, 0.717) is 11.4 Å². The number of furan rings is 1. The van der Waals surface area contributed by atoms with Gasteiger partial charge in [-0.1, -0.05) is 72.8 Å². The molecule has 1 aromatic heterocycles. The van der Waals surface area contributed by atoms with Crippen LogP contribution in [-0.4, -0.2) is 15.5 Å². The second kappa shape index (κ2) is 10.5. The number of nitrogens with zero attached hydrogens (tertiary/aromatic N) is 1. The summed E-state index contributed by atoms with van der Waals surface area (Å²) in [6.07, 6.45) is 0. The minimum Gasteiger partial charge on any atom is -0.497 e. The van der Waals surface area contributed by atoms with Crippen molar-refractivity contribution in [2.45, 2.75) is 30.7 Å². The maximum Gasteiger partial charge on any atom is 0.265 e. The Morgan fingerprint density at radius 2 is 1.39 bits per heavy atom. The highest BCUT2D eigenvalue weighted by molar-refractivity contribution is 7.92. The molecule has 1 unspecified atom stereocenters. The molecule has 0 aliphatic heterocycles. The third kappa shape index (κ3) is 4.54. The van der Waals surface area contributed by atoms with Crippen molar-refractivity contribution >= 4 is 15.7 Å². The predicted octanol–water partition coefficient (Wildman–Crippen LogP) is 8.21. The van der Waals surface area contributed by atoms with Crippen LogP contribution in [0, 0.1) is 13.8 Å². The monoisotopic (exact) mass is 561 g/mol. The van der Waals surface area contributed by atoms with Crippen LogP contribution in [0.2, 0.25) is 0 Å². The number of ether oxygens (including phenoxy) is 1. The van der Waals surface area contributed by atoms with Gasteiger partial charge < -0.3 is 9.15 Å². The van der Waals surface area contributed by atoms with E-state index in [0.717, 1.165) is 44.9 Å². The van der Waals surface area contributed by atoms with E-state index < -0.39 is 16.1 Å². The first-order valence-corrected chi connectivity index (χ1v) is 14.9. The number of hydrogen-bond donors (Lipinski definition) is 0. The SMILES string of the molecule is C=C1C(N(c2ccccc2)S(=O)(=O)c2ccc(C)cc2)c2c(-c3ccc(OC)cc3)oc(C)c2[C@H]1c1ccccc1. The Labute approximate surface area is 241 Å². The quantitative estimate of drug-likeness (QED) is 0.188. The molecule has 0 saturated heterocycles. The van der Waals surface area contributed by atoms with Crippen LogP contribution in [0.3, 0.4) is 0 Å². The second-order valence-electron chi connectivity index (χ2n) is 10.3. The average Bonchev–Trinajstić information content (AvgIpc) is 3.48. The number of sulfonamides is 1. The van der Waals surface area contributed by atoms with E-state index in [4.69, 9.17) is 9.15 Å². The lowest BCUT2D eigenvalue weighted by atomic mass is 9.90. The van der Waals surface area contributed by atoms with Crippen LogP contribution in [0.25, 0.3) is 11.3 Å². The lowest BCUT2D eigenvalue weighted by Crippen LogP contribution is -2.35. The summed E-state index contributed by atoms with van der Waals surface area (Å²) in [4.78, 5) is 0.218. The number of hydrogen-bond acceptors (Lipinski definition) is 4. The molecule has 0 N–H and O–H groups in total. The summed E-state index contributed by atoms with van der Waals surface area (Å²) in [6.45, 7) is 8.47. The van der Waals surface area contributed by atoms with Crippen LogP contribution in [-0.2, 0) is 10.0 Å². The van der Waals surface area contributed by atoms with Crippen molar-refractivity contribution in [3.05, 3.63) is 149 Å². The maximum absolute atomic E-state index is 14.6. The summed E-state index contributed by atoms with van der Waals surface area (Å²) in [5, 5.41) is 0. The van der Waals surface area contributed by atoms with Crippen LogP contribution < -0.4 is 9.04 Å². The molecular weight excluding hydrogens is 530 g/mol. The number of rotatable bonds is 7. The third-order valence-electron chi connectivity index (χ3n) is 7.76. The predicted molar refractivity (Wildman–Crippen MR) is 163 cm³/mol. The lowest BCUT2D eigenvalue weighted by molar-refractivity contribution is 0.415. The molecule has 1 aliphatic rings. The van der Waals surface area contributed by atoms with Gasteiger partial charge in [0, 0.05) is 22.6 Å². The zero-order chi connectivity index (χ0) is 28.7. The molecule has 5 nitrogen and oxygen atoms in total. The molecular formula is C35H31NO4S. The van der Waals surface area contributed by atoms with Gasteiger partial charge in [0.25, 0.3) is 10.0 Å². The van der Waals surface area contributed by atoms with Crippen molar-refractivity contribution < 1.29 is 17.6 Å². The van der Waals surface area contributed by atoms with Crippen molar-refractivity contribution in [3.8, 4) is 17.1 Å². The molecule has 5 aromatic rings. The molecule has 0 bridgehead atoms. The van der Waals surface area contributed by atoms with Gasteiger partial charge in [-0.05, 0) is 73.5 Å². The number of methoxy groups -OCH3 is 1. The summed E-state index contributed by atoms with van der Waals surface area (Å²) in [7, 11) is -2.40. The van der Waals surface area contributed by atoms with E-state index in [9.17, 15) is 8.42 Å². The Bertz CT molecular complexity index is 1810. The molecule has 41 heavy (non-hydrogen) atoms.